The van der Waals surface area contributed by atoms with E-state index in [9.17, 15) is 0 Å². The average molecular weight is 306 g/mol. The second-order valence-electron chi connectivity index (χ2n) is 4.12. The number of anilines is 1. The molecule has 0 bridgehead atoms. The van der Waals surface area contributed by atoms with Crippen molar-refractivity contribution in [1.29, 1.82) is 0 Å². The number of nitrogens with one attached hydrogen (secondary N) is 2. The molecule has 0 aliphatic carbocycles. The smallest absolute Gasteiger partial charge is 0.225 e. The fourth-order valence-electron chi connectivity index (χ4n) is 1.76. The minimum atomic E-state index is 0.572. The molecule has 0 radical (unpaired) electrons. The summed E-state index contributed by atoms with van der Waals surface area (Å²) in [6.07, 6.45) is 1.63. The maximum atomic E-state index is 5.88. The van der Waals surface area contributed by atoms with Gasteiger partial charge in [-0.2, -0.15) is 4.98 Å². The Labute approximate surface area is 125 Å². The number of H-pyrrole nitrogens is 1. The van der Waals surface area contributed by atoms with Crippen LogP contribution in [0, 0.1) is 0 Å². The highest BCUT2D eigenvalue weighted by molar-refractivity contribution is 7.98. The number of rotatable bonds is 4. The molecule has 0 atom stereocenters. The van der Waals surface area contributed by atoms with Crippen molar-refractivity contribution in [3.63, 3.8) is 0 Å². The van der Waals surface area contributed by atoms with Crippen molar-refractivity contribution in [3.8, 4) is 0 Å². The van der Waals surface area contributed by atoms with Gasteiger partial charge in [0.2, 0.25) is 5.95 Å². The van der Waals surface area contributed by atoms with Crippen LogP contribution in [0.4, 0.5) is 5.95 Å². The lowest BCUT2D eigenvalue weighted by Crippen LogP contribution is -1.98. The van der Waals surface area contributed by atoms with Crippen molar-refractivity contribution < 1.29 is 0 Å². The van der Waals surface area contributed by atoms with E-state index in [1.54, 1.807) is 25.1 Å². The molecular weight excluding hydrogens is 294 g/mol. The number of fused-ring (bicyclic) bond motifs is 1. The molecule has 0 spiro atoms. The first-order valence-electron chi connectivity index (χ1n) is 6.02. The largest absolute Gasteiger partial charge is 0.357 e. The molecule has 102 valence electrons. The number of hydrogen-bond acceptors (Lipinski definition) is 5. The third-order valence-corrected chi connectivity index (χ3v) is 4.06. The zero-order chi connectivity index (χ0) is 13.9. The molecule has 5 nitrogen and oxygen atoms in total. The Kier molecular flexibility index (Phi) is 3.75. The minimum absolute atomic E-state index is 0.572. The molecule has 0 saturated heterocycles. The molecular formula is C13H12ClN5S. The molecule has 0 amide bonds. The Morgan fingerprint density at radius 2 is 2.05 bits per heavy atom. The van der Waals surface area contributed by atoms with Gasteiger partial charge in [0.05, 0.1) is 6.33 Å². The van der Waals surface area contributed by atoms with Crippen LogP contribution in [0.5, 0.6) is 0 Å². The van der Waals surface area contributed by atoms with Gasteiger partial charge in [0, 0.05) is 17.8 Å². The molecule has 1 aromatic carbocycles. The summed E-state index contributed by atoms with van der Waals surface area (Å²) in [5.41, 5.74) is 2.72. The molecule has 0 aliphatic rings. The van der Waals surface area contributed by atoms with Gasteiger partial charge in [0.1, 0.15) is 10.5 Å². The molecule has 0 aliphatic heterocycles. The summed E-state index contributed by atoms with van der Waals surface area (Å²) in [5, 5.41) is 4.57. The normalized spacial score (nSPS) is 10.9. The van der Waals surface area contributed by atoms with Crippen molar-refractivity contribution in [1.82, 2.24) is 19.9 Å². The molecule has 2 N–H and O–H groups in total. The summed E-state index contributed by atoms with van der Waals surface area (Å²) in [5.74, 6) is 1.38. The minimum Gasteiger partial charge on any atom is -0.357 e. The second-order valence-corrected chi connectivity index (χ2v) is 5.52. The van der Waals surface area contributed by atoms with Gasteiger partial charge in [-0.1, -0.05) is 35.5 Å². The lowest BCUT2D eigenvalue weighted by molar-refractivity contribution is 1.08. The number of nitrogens with zero attached hydrogens (tertiary/aromatic N) is 3. The summed E-state index contributed by atoms with van der Waals surface area (Å²) in [6.45, 7) is 0. The average Bonchev–Trinajstić information content (AvgIpc) is 2.94. The Morgan fingerprint density at radius 3 is 2.80 bits per heavy atom. The van der Waals surface area contributed by atoms with Crippen LogP contribution in [-0.2, 0) is 5.75 Å². The zero-order valence-electron chi connectivity index (χ0n) is 10.7. The molecule has 20 heavy (non-hydrogen) atoms. The quantitative estimate of drug-likeness (QED) is 0.571. The van der Waals surface area contributed by atoms with E-state index < -0.39 is 0 Å². The Morgan fingerprint density at radius 1 is 1.25 bits per heavy atom. The van der Waals surface area contributed by atoms with E-state index in [0.717, 1.165) is 21.3 Å². The maximum Gasteiger partial charge on any atom is 0.225 e. The number of benzene rings is 1. The summed E-state index contributed by atoms with van der Waals surface area (Å²) >= 11 is 7.52. The monoisotopic (exact) mass is 305 g/mol. The zero-order valence-corrected chi connectivity index (χ0v) is 12.3. The lowest BCUT2D eigenvalue weighted by Gasteiger charge is -2.05. The van der Waals surface area contributed by atoms with E-state index >= 15 is 0 Å². The van der Waals surface area contributed by atoms with Crippen LogP contribution in [0.2, 0.25) is 5.02 Å². The summed E-state index contributed by atoms with van der Waals surface area (Å²) in [4.78, 5) is 16.0. The van der Waals surface area contributed by atoms with Crippen molar-refractivity contribution in [2.45, 2.75) is 10.8 Å². The number of aromatic nitrogens is 4. The maximum absolute atomic E-state index is 5.88. The molecule has 0 fully saturated rings. The molecule has 3 rings (SSSR count). The van der Waals surface area contributed by atoms with Crippen LogP contribution < -0.4 is 5.32 Å². The fourth-order valence-corrected chi connectivity index (χ4v) is 2.82. The number of hydrogen-bond donors (Lipinski definition) is 2. The van der Waals surface area contributed by atoms with E-state index in [1.165, 1.54) is 5.56 Å². The van der Waals surface area contributed by atoms with Crippen LogP contribution >= 0.6 is 23.4 Å². The van der Waals surface area contributed by atoms with Crippen LogP contribution in [0.25, 0.3) is 11.2 Å². The predicted octanol–water partition coefficient (Wildman–Crippen LogP) is 3.34. The lowest BCUT2D eigenvalue weighted by atomic mass is 10.2. The van der Waals surface area contributed by atoms with Gasteiger partial charge in [-0.05, 0) is 17.7 Å². The van der Waals surface area contributed by atoms with E-state index in [-0.39, 0.29) is 0 Å². The number of thioether (sulfide) groups is 1. The van der Waals surface area contributed by atoms with Crippen LogP contribution in [0.15, 0.2) is 35.6 Å². The van der Waals surface area contributed by atoms with Gasteiger partial charge in [-0.25, -0.2) is 9.97 Å². The van der Waals surface area contributed by atoms with E-state index in [1.807, 2.05) is 24.3 Å². The Bertz CT molecular complexity index is 725. The van der Waals surface area contributed by atoms with E-state index in [2.05, 4.69) is 25.3 Å². The number of halogens is 1. The van der Waals surface area contributed by atoms with Crippen LogP contribution in [0.3, 0.4) is 0 Å². The highest BCUT2D eigenvalue weighted by Gasteiger charge is 2.10. The summed E-state index contributed by atoms with van der Waals surface area (Å²) in [6, 6.07) is 7.81. The number of aromatic amines is 1. The Hall–Kier alpha value is -1.79. The first kappa shape index (κ1) is 13.2. The van der Waals surface area contributed by atoms with Gasteiger partial charge >= 0.3 is 0 Å². The van der Waals surface area contributed by atoms with E-state index in [0.29, 0.717) is 11.6 Å². The van der Waals surface area contributed by atoms with Crippen molar-refractivity contribution in [3.05, 3.63) is 41.2 Å². The summed E-state index contributed by atoms with van der Waals surface area (Å²) in [7, 11) is 1.79. The highest BCUT2D eigenvalue weighted by Crippen LogP contribution is 2.27. The van der Waals surface area contributed by atoms with Gasteiger partial charge in [0.15, 0.2) is 5.65 Å². The molecule has 7 heteroatoms. The standard InChI is InChI=1S/C13H12ClN5S/c1-15-13-18-11-10(16-7-17-11)12(19-13)20-6-8-2-4-9(14)5-3-8/h2-5,7H,6H2,1H3,(H2,15,16,17,18,19). The first-order chi connectivity index (χ1) is 9.76. The molecule has 2 heterocycles. The Balaban J connectivity index is 1.86. The van der Waals surface area contributed by atoms with Gasteiger partial charge in [0.25, 0.3) is 0 Å². The van der Waals surface area contributed by atoms with Crippen molar-refractivity contribution >= 4 is 40.5 Å². The van der Waals surface area contributed by atoms with Crippen LogP contribution in [0.1, 0.15) is 5.56 Å². The predicted molar refractivity (Wildman–Crippen MR) is 82.2 cm³/mol. The molecule has 3 aromatic rings. The van der Waals surface area contributed by atoms with Crippen LogP contribution in [-0.4, -0.2) is 27.0 Å². The second kappa shape index (κ2) is 5.68. The third-order valence-electron chi connectivity index (χ3n) is 2.76. The van der Waals surface area contributed by atoms with Gasteiger partial charge in [-0.15, -0.1) is 0 Å². The van der Waals surface area contributed by atoms with Crippen molar-refractivity contribution in [2.24, 2.45) is 0 Å². The summed E-state index contributed by atoms with van der Waals surface area (Å²) < 4.78 is 0. The third kappa shape index (κ3) is 2.71. The molecule has 0 unspecified atom stereocenters. The van der Waals surface area contributed by atoms with Gasteiger partial charge in [-0.3, -0.25) is 0 Å². The number of imidazole rings is 1. The molecule has 0 saturated carbocycles. The highest BCUT2D eigenvalue weighted by atomic mass is 35.5. The van der Waals surface area contributed by atoms with Gasteiger partial charge < -0.3 is 10.3 Å². The van der Waals surface area contributed by atoms with E-state index in [4.69, 9.17) is 11.6 Å². The van der Waals surface area contributed by atoms with Crippen molar-refractivity contribution in [2.75, 3.05) is 12.4 Å². The topological polar surface area (TPSA) is 66.5 Å². The molecule has 2 aromatic heterocycles. The fraction of sp³-hybridized carbons (Fsp3) is 0.154. The first-order valence-corrected chi connectivity index (χ1v) is 7.39. The SMILES string of the molecule is CNc1nc(SCc2ccc(Cl)cc2)c2[nH]cnc2n1.